The predicted molar refractivity (Wildman–Crippen MR) is 57.6 cm³/mol. The van der Waals surface area contributed by atoms with E-state index < -0.39 is 29.2 Å². The van der Waals surface area contributed by atoms with Gasteiger partial charge in [0.1, 0.15) is 17.2 Å². The fourth-order valence-corrected chi connectivity index (χ4v) is 1.94. The molecule has 92 valence electrons. The van der Waals surface area contributed by atoms with Gasteiger partial charge < -0.3 is 10.0 Å². The number of β-amino-alcohol motifs (C(OH)–C–C–N with tert-alkyl or cyclic N) is 1. The van der Waals surface area contributed by atoms with E-state index in [0.29, 0.717) is 13.0 Å². The maximum absolute atomic E-state index is 13.7. The lowest BCUT2D eigenvalue weighted by molar-refractivity contribution is 0.0755. The van der Waals surface area contributed by atoms with Gasteiger partial charge in [-0.1, -0.05) is 6.07 Å². The zero-order valence-corrected chi connectivity index (χ0v) is 9.41. The van der Waals surface area contributed by atoms with Crippen molar-refractivity contribution >= 4 is 5.91 Å². The molecule has 1 aromatic rings. The summed E-state index contributed by atoms with van der Waals surface area (Å²) in [4.78, 5) is 13.2. The van der Waals surface area contributed by atoms with Crippen molar-refractivity contribution in [3.8, 4) is 0 Å². The van der Waals surface area contributed by atoms with Crippen molar-refractivity contribution < 1.29 is 18.7 Å². The predicted octanol–water partition coefficient (Wildman–Crippen LogP) is 1.48. The van der Waals surface area contributed by atoms with Crippen molar-refractivity contribution in [2.24, 2.45) is 0 Å². The van der Waals surface area contributed by atoms with Crippen LogP contribution >= 0.6 is 0 Å². The van der Waals surface area contributed by atoms with Crippen LogP contribution in [0.25, 0.3) is 0 Å². The molecule has 1 amide bonds. The molecule has 17 heavy (non-hydrogen) atoms. The summed E-state index contributed by atoms with van der Waals surface area (Å²) in [5, 5.41) is 9.31. The summed E-state index contributed by atoms with van der Waals surface area (Å²) in [5.41, 5.74) is -0.298. The number of rotatable bonds is 1. The molecule has 2 rings (SSSR count). The number of aliphatic hydroxyl groups is 1. The van der Waals surface area contributed by atoms with Gasteiger partial charge in [-0.05, 0) is 25.0 Å². The zero-order chi connectivity index (χ0) is 12.6. The number of aryl methyl sites for hydroxylation is 1. The molecule has 1 aromatic carbocycles. The second-order valence-corrected chi connectivity index (χ2v) is 4.25. The van der Waals surface area contributed by atoms with E-state index in [-0.39, 0.29) is 12.1 Å². The minimum atomic E-state index is -0.862. The molecular weight excluding hydrogens is 228 g/mol. The lowest BCUT2D eigenvalue weighted by Crippen LogP contribution is -2.31. The SMILES string of the molecule is Cc1ccc(F)c(C(=O)N2CC[C@H](O)C2)c1F. The largest absolute Gasteiger partial charge is 0.391 e. The summed E-state index contributed by atoms with van der Waals surface area (Å²) in [5.74, 6) is -2.38. The number of likely N-dealkylation sites (tertiary alicyclic amines) is 1. The van der Waals surface area contributed by atoms with E-state index >= 15 is 0 Å². The third kappa shape index (κ3) is 2.15. The molecule has 0 aliphatic carbocycles. The Morgan fingerprint density at radius 2 is 2.18 bits per heavy atom. The number of carbonyl (C=O) groups is 1. The average Bonchev–Trinajstić information content (AvgIpc) is 2.71. The van der Waals surface area contributed by atoms with E-state index in [1.165, 1.54) is 17.9 Å². The Bertz CT molecular complexity index is 462. The molecule has 3 nitrogen and oxygen atoms in total. The van der Waals surface area contributed by atoms with Crippen LogP contribution < -0.4 is 0 Å². The number of nitrogens with zero attached hydrogens (tertiary/aromatic N) is 1. The van der Waals surface area contributed by atoms with Gasteiger partial charge in [0.05, 0.1) is 6.10 Å². The van der Waals surface area contributed by atoms with Gasteiger partial charge in [0.25, 0.3) is 5.91 Å². The maximum atomic E-state index is 13.7. The topological polar surface area (TPSA) is 40.5 Å². The van der Waals surface area contributed by atoms with Crippen LogP contribution in [0.15, 0.2) is 12.1 Å². The second-order valence-electron chi connectivity index (χ2n) is 4.25. The Balaban J connectivity index is 2.34. The number of hydrogen-bond donors (Lipinski definition) is 1. The number of carbonyl (C=O) groups excluding carboxylic acids is 1. The van der Waals surface area contributed by atoms with E-state index in [0.717, 1.165) is 6.07 Å². The highest BCUT2D eigenvalue weighted by atomic mass is 19.1. The van der Waals surface area contributed by atoms with Crippen LogP contribution in [0.4, 0.5) is 8.78 Å². The number of hydrogen-bond acceptors (Lipinski definition) is 2. The third-order valence-electron chi connectivity index (χ3n) is 2.95. The zero-order valence-electron chi connectivity index (χ0n) is 9.41. The van der Waals surface area contributed by atoms with Gasteiger partial charge in [-0.2, -0.15) is 0 Å². The van der Waals surface area contributed by atoms with Gasteiger partial charge in [-0.25, -0.2) is 8.78 Å². The normalized spacial score (nSPS) is 19.8. The first-order valence-corrected chi connectivity index (χ1v) is 5.42. The van der Waals surface area contributed by atoms with E-state index in [1.807, 2.05) is 0 Å². The van der Waals surface area contributed by atoms with Gasteiger partial charge in [-0.15, -0.1) is 0 Å². The van der Waals surface area contributed by atoms with E-state index in [4.69, 9.17) is 0 Å². The van der Waals surface area contributed by atoms with Crippen molar-refractivity contribution in [1.82, 2.24) is 4.90 Å². The molecule has 1 saturated heterocycles. The van der Waals surface area contributed by atoms with Gasteiger partial charge in [-0.3, -0.25) is 4.79 Å². The smallest absolute Gasteiger partial charge is 0.259 e. The van der Waals surface area contributed by atoms with Crippen LogP contribution in [-0.2, 0) is 0 Å². The van der Waals surface area contributed by atoms with Gasteiger partial charge in [0, 0.05) is 13.1 Å². The molecule has 1 aliphatic heterocycles. The maximum Gasteiger partial charge on any atom is 0.259 e. The Morgan fingerprint density at radius 3 is 2.76 bits per heavy atom. The van der Waals surface area contributed by atoms with Crippen LogP contribution in [0, 0.1) is 18.6 Å². The van der Waals surface area contributed by atoms with Crippen LogP contribution in [0.1, 0.15) is 22.3 Å². The number of aliphatic hydroxyl groups excluding tert-OH is 1. The highest BCUT2D eigenvalue weighted by Crippen LogP contribution is 2.20. The molecule has 0 bridgehead atoms. The molecule has 0 unspecified atom stereocenters. The molecule has 0 saturated carbocycles. The first-order chi connectivity index (χ1) is 8.00. The minimum absolute atomic E-state index is 0.131. The van der Waals surface area contributed by atoms with E-state index in [1.54, 1.807) is 0 Å². The summed E-state index contributed by atoms with van der Waals surface area (Å²) in [6.07, 6.45) is -0.157. The van der Waals surface area contributed by atoms with Crippen LogP contribution in [0.5, 0.6) is 0 Å². The van der Waals surface area contributed by atoms with Crippen molar-refractivity contribution in [2.45, 2.75) is 19.4 Å². The molecule has 1 heterocycles. The minimum Gasteiger partial charge on any atom is -0.391 e. The molecule has 1 fully saturated rings. The second kappa shape index (κ2) is 4.41. The highest BCUT2D eigenvalue weighted by Gasteiger charge is 2.29. The van der Waals surface area contributed by atoms with Crippen molar-refractivity contribution in [2.75, 3.05) is 13.1 Å². The fourth-order valence-electron chi connectivity index (χ4n) is 1.94. The van der Waals surface area contributed by atoms with Crippen molar-refractivity contribution in [1.29, 1.82) is 0 Å². The molecule has 0 spiro atoms. The van der Waals surface area contributed by atoms with E-state index in [2.05, 4.69) is 0 Å². The lowest BCUT2D eigenvalue weighted by Gasteiger charge is -2.16. The highest BCUT2D eigenvalue weighted by molar-refractivity contribution is 5.95. The van der Waals surface area contributed by atoms with Gasteiger partial charge in [0.15, 0.2) is 0 Å². The molecule has 5 heteroatoms. The van der Waals surface area contributed by atoms with Crippen LogP contribution in [0.2, 0.25) is 0 Å². The standard InChI is InChI=1S/C12H13F2NO2/c1-7-2-3-9(13)10(11(7)14)12(17)15-5-4-8(16)6-15/h2-3,8,16H,4-6H2,1H3/t8-/m0/s1. The first-order valence-electron chi connectivity index (χ1n) is 5.42. The van der Waals surface area contributed by atoms with Crippen LogP contribution in [0.3, 0.4) is 0 Å². The van der Waals surface area contributed by atoms with E-state index in [9.17, 15) is 18.7 Å². The Morgan fingerprint density at radius 1 is 1.47 bits per heavy atom. The average molecular weight is 241 g/mol. The Kier molecular flexibility index (Phi) is 3.11. The summed E-state index contributed by atoms with van der Waals surface area (Å²) in [6, 6.07) is 2.37. The number of halogens is 2. The number of benzene rings is 1. The lowest BCUT2D eigenvalue weighted by atomic mass is 10.1. The summed E-state index contributed by atoms with van der Waals surface area (Å²) in [6.45, 7) is 1.93. The molecule has 1 aliphatic rings. The molecule has 1 atom stereocenters. The first kappa shape index (κ1) is 12.0. The van der Waals surface area contributed by atoms with Gasteiger partial charge in [0.2, 0.25) is 0 Å². The quantitative estimate of drug-likeness (QED) is 0.809. The monoisotopic (exact) mass is 241 g/mol. The third-order valence-corrected chi connectivity index (χ3v) is 2.95. The number of amides is 1. The summed E-state index contributed by atoms with van der Waals surface area (Å²) in [7, 11) is 0. The summed E-state index contributed by atoms with van der Waals surface area (Å²) >= 11 is 0. The van der Waals surface area contributed by atoms with Crippen molar-refractivity contribution in [3.05, 3.63) is 34.9 Å². The fraction of sp³-hybridized carbons (Fsp3) is 0.417. The van der Waals surface area contributed by atoms with Gasteiger partial charge >= 0.3 is 0 Å². The molecule has 0 radical (unpaired) electrons. The van der Waals surface area contributed by atoms with Crippen molar-refractivity contribution in [3.63, 3.8) is 0 Å². The summed E-state index contributed by atoms with van der Waals surface area (Å²) < 4.78 is 27.2. The molecule has 0 aromatic heterocycles. The Hall–Kier alpha value is -1.49. The van der Waals surface area contributed by atoms with Crippen LogP contribution in [-0.4, -0.2) is 35.1 Å². The molecule has 1 N–H and O–H groups in total. The Labute approximate surface area is 97.7 Å². The molecular formula is C12H13F2NO2.